The summed E-state index contributed by atoms with van der Waals surface area (Å²) in [6, 6.07) is 6.92. The number of fused-ring (bicyclic) bond motifs is 1. The first-order valence-electron chi connectivity index (χ1n) is 7.07. The molecule has 0 heterocycles. The van der Waals surface area contributed by atoms with Crippen LogP contribution in [0.3, 0.4) is 0 Å². The second-order valence-corrected chi connectivity index (χ2v) is 7.75. The van der Waals surface area contributed by atoms with Gasteiger partial charge < -0.3 is 0 Å². The van der Waals surface area contributed by atoms with Crippen molar-refractivity contribution in [2.75, 3.05) is 13.3 Å². The average Bonchev–Trinajstić information content (AvgIpc) is 2.61. The fraction of sp³-hybridized carbons (Fsp3) is 0.389. The second-order valence-electron chi connectivity index (χ2n) is 5.57. The van der Waals surface area contributed by atoms with Gasteiger partial charge in [-0.05, 0) is 30.0 Å². The van der Waals surface area contributed by atoms with Crippen LogP contribution in [0, 0.1) is 0 Å². The highest BCUT2D eigenvalue weighted by Crippen LogP contribution is 2.42. The van der Waals surface area contributed by atoms with Crippen LogP contribution in [0.1, 0.15) is 49.8 Å². The summed E-state index contributed by atoms with van der Waals surface area (Å²) in [7, 11) is 0.00450. The van der Waals surface area contributed by atoms with E-state index >= 15 is 0 Å². The molecule has 0 aromatic heterocycles. The summed E-state index contributed by atoms with van der Waals surface area (Å²) in [4.78, 5) is 0. The number of hydrogen-bond acceptors (Lipinski definition) is 0. The van der Waals surface area contributed by atoms with Crippen LogP contribution in [-0.4, -0.2) is 19.1 Å². The third kappa shape index (κ3) is 2.90. The number of allylic oxidation sites excluding steroid dienone is 3. The third-order valence-corrected chi connectivity index (χ3v) is 4.61. The van der Waals surface area contributed by atoms with Crippen molar-refractivity contribution in [3.8, 4) is 0 Å². The molecule has 0 saturated carbocycles. The normalized spacial score (nSPS) is 18.1. The minimum atomic E-state index is 0.00450. The van der Waals surface area contributed by atoms with Crippen molar-refractivity contribution in [3.63, 3.8) is 0 Å². The van der Waals surface area contributed by atoms with Gasteiger partial charge in [0.15, 0.2) is 0 Å². The van der Waals surface area contributed by atoms with Gasteiger partial charge in [0.25, 0.3) is 0 Å². The van der Waals surface area contributed by atoms with Crippen molar-refractivity contribution in [2.24, 2.45) is 0 Å². The first-order valence-corrected chi connectivity index (χ1v) is 9.38. The lowest BCUT2D eigenvalue weighted by Gasteiger charge is -2.07. The topological polar surface area (TPSA) is 0 Å². The number of hydrogen-bond donors (Lipinski definition) is 0. The standard InChI is InChI=1S/C18H24P/c1-6-7-8-15-9-10-16-17(11-15)13(2)14(3)18(16)12-19(4)5/h7-13H,6H2,1-5H3/q+1/b8-7+. The van der Waals surface area contributed by atoms with E-state index in [1.165, 1.54) is 27.8 Å². The molecule has 2 rings (SSSR count). The second kappa shape index (κ2) is 5.88. The molecule has 1 aliphatic rings. The minimum absolute atomic E-state index is 0.00450. The summed E-state index contributed by atoms with van der Waals surface area (Å²) in [6.45, 7) is 11.4. The lowest BCUT2D eigenvalue weighted by atomic mass is 9.97. The smallest absolute Gasteiger partial charge is 0.0842 e. The molecule has 1 aromatic rings. The van der Waals surface area contributed by atoms with Gasteiger partial charge in [0.2, 0.25) is 0 Å². The highest BCUT2D eigenvalue weighted by molar-refractivity contribution is 7.56. The van der Waals surface area contributed by atoms with E-state index in [2.05, 4.69) is 70.2 Å². The van der Waals surface area contributed by atoms with Gasteiger partial charge in [-0.15, -0.1) is 0 Å². The molecule has 0 amide bonds. The molecule has 0 radical (unpaired) electrons. The summed E-state index contributed by atoms with van der Waals surface area (Å²) < 4.78 is 0. The van der Waals surface area contributed by atoms with E-state index in [9.17, 15) is 0 Å². The predicted octanol–water partition coefficient (Wildman–Crippen LogP) is 5.54. The molecular weight excluding hydrogens is 247 g/mol. The number of rotatable bonds is 3. The van der Waals surface area contributed by atoms with Crippen LogP contribution in [0.15, 0.2) is 29.8 Å². The fourth-order valence-electron chi connectivity index (χ4n) is 2.65. The van der Waals surface area contributed by atoms with E-state index in [-0.39, 0.29) is 7.55 Å². The quantitative estimate of drug-likeness (QED) is 0.633. The maximum Gasteiger partial charge on any atom is 0.115 e. The van der Waals surface area contributed by atoms with Crippen LogP contribution in [-0.2, 0) is 0 Å². The Kier molecular flexibility index (Phi) is 4.42. The highest BCUT2D eigenvalue weighted by Gasteiger charge is 2.25. The molecule has 0 N–H and O–H groups in total. The molecule has 1 aromatic carbocycles. The zero-order valence-electron chi connectivity index (χ0n) is 12.7. The Morgan fingerprint density at radius 2 is 2.00 bits per heavy atom. The predicted molar refractivity (Wildman–Crippen MR) is 91.6 cm³/mol. The molecule has 1 atom stereocenters. The van der Waals surface area contributed by atoms with E-state index < -0.39 is 0 Å². The Morgan fingerprint density at radius 1 is 1.26 bits per heavy atom. The van der Waals surface area contributed by atoms with E-state index in [1.54, 1.807) is 0 Å². The van der Waals surface area contributed by atoms with E-state index in [1.807, 2.05) is 0 Å². The van der Waals surface area contributed by atoms with Crippen molar-refractivity contribution in [1.82, 2.24) is 0 Å². The SMILES string of the molecule is CC/C=C/c1ccc2c(c1)C(C)C(C)=C2C=[P+](C)C. The van der Waals surface area contributed by atoms with Gasteiger partial charge >= 0.3 is 0 Å². The van der Waals surface area contributed by atoms with Crippen LogP contribution in [0.25, 0.3) is 11.6 Å². The lowest BCUT2D eigenvalue weighted by Crippen LogP contribution is -1.91. The zero-order valence-corrected chi connectivity index (χ0v) is 13.6. The maximum absolute atomic E-state index is 2.47. The Morgan fingerprint density at radius 3 is 2.63 bits per heavy atom. The van der Waals surface area contributed by atoms with Crippen molar-refractivity contribution in [3.05, 3.63) is 46.5 Å². The monoisotopic (exact) mass is 271 g/mol. The van der Waals surface area contributed by atoms with Gasteiger partial charge in [-0.25, -0.2) is 0 Å². The van der Waals surface area contributed by atoms with Crippen molar-refractivity contribution in [2.45, 2.75) is 33.1 Å². The zero-order chi connectivity index (χ0) is 14.0. The summed E-state index contributed by atoms with van der Waals surface area (Å²) in [5, 5.41) is 0. The molecule has 1 unspecified atom stereocenters. The Bertz CT molecular complexity index is 569. The molecule has 0 fully saturated rings. The molecule has 0 saturated heterocycles. The van der Waals surface area contributed by atoms with Crippen LogP contribution >= 0.6 is 7.55 Å². The Hall–Kier alpha value is -1.13. The highest BCUT2D eigenvalue weighted by atomic mass is 31.1. The molecule has 0 bridgehead atoms. The van der Waals surface area contributed by atoms with Crippen LogP contribution in [0.5, 0.6) is 0 Å². The average molecular weight is 271 g/mol. The van der Waals surface area contributed by atoms with Crippen LogP contribution in [0.4, 0.5) is 0 Å². The summed E-state index contributed by atoms with van der Waals surface area (Å²) in [6.07, 6.45) is 5.56. The van der Waals surface area contributed by atoms with Gasteiger partial charge in [-0.2, -0.15) is 0 Å². The first kappa shape index (κ1) is 14.3. The minimum Gasteiger partial charge on any atom is -0.0842 e. The van der Waals surface area contributed by atoms with E-state index in [0.29, 0.717) is 5.92 Å². The van der Waals surface area contributed by atoms with Gasteiger partial charge in [0, 0.05) is 11.5 Å². The van der Waals surface area contributed by atoms with Gasteiger partial charge in [0.1, 0.15) is 5.80 Å². The molecule has 19 heavy (non-hydrogen) atoms. The summed E-state index contributed by atoms with van der Waals surface area (Å²) >= 11 is 0. The molecule has 0 spiro atoms. The van der Waals surface area contributed by atoms with E-state index in [0.717, 1.165) is 6.42 Å². The van der Waals surface area contributed by atoms with Gasteiger partial charge in [-0.3, -0.25) is 0 Å². The number of benzene rings is 1. The van der Waals surface area contributed by atoms with Crippen LogP contribution < -0.4 is 0 Å². The lowest BCUT2D eigenvalue weighted by molar-refractivity contribution is 0.920. The molecule has 1 heteroatoms. The molecule has 100 valence electrons. The molecule has 0 nitrogen and oxygen atoms in total. The fourth-order valence-corrected chi connectivity index (χ4v) is 3.51. The van der Waals surface area contributed by atoms with Crippen LogP contribution in [0.2, 0.25) is 0 Å². The van der Waals surface area contributed by atoms with Gasteiger partial charge in [0.05, 0.1) is 20.9 Å². The van der Waals surface area contributed by atoms with Crippen molar-refractivity contribution >= 4 is 25.0 Å². The Balaban J connectivity index is 2.47. The van der Waals surface area contributed by atoms with E-state index in [4.69, 9.17) is 0 Å². The van der Waals surface area contributed by atoms with Crippen molar-refractivity contribution in [1.29, 1.82) is 0 Å². The Labute approximate surface area is 118 Å². The summed E-state index contributed by atoms with van der Waals surface area (Å²) in [5.41, 5.74) is 7.30. The maximum atomic E-state index is 2.47. The summed E-state index contributed by atoms with van der Waals surface area (Å²) in [5.74, 6) is 3.03. The van der Waals surface area contributed by atoms with Gasteiger partial charge in [-0.1, -0.05) is 49.8 Å². The molecular formula is C18H24P+. The third-order valence-electron chi connectivity index (χ3n) is 3.84. The molecule has 0 aliphatic heterocycles. The molecule has 1 aliphatic carbocycles. The largest absolute Gasteiger partial charge is 0.115 e. The first-order chi connectivity index (χ1) is 9.04. The van der Waals surface area contributed by atoms with Crippen molar-refractivity contribution < 1.29 is 0 Å².